The van der Waals surface area contributed by atoms with Gasteiger partial charge in [0, 0.05) is 38.7 Å². The van der Waals surface area contributed by atoms with Crippen LogP contribution in [0, 0.1) is 11.8 Å². The fraction of sp³-hybridized carbons (Fsp3) is 0.706. The van der Waals surface area contributed by atoms with Crippen molar-refractivity contribution >= 4 is 11.6 Å². The molecule has 1 N–H and O–H groups in total. The van der Waals surface area contributed by atoms with Crippen LogP contribution in [-0.2, 0) is 11.3 Å². The molecule has 23 heavy (non-hydrogen) atoms. The molecule has 6 nitrogen and oxygen atoms in total. The summed E-state index contributed by atoms with van der Waals surface area (Å²) in [5, 5.41) is 7.24. The highest BCUT2D eigenvalue weighted by molar-refractivity contribution is 5.76. The average Bonchev–Trinajstić information content (AvgIpc) is 3.37. The summed E-state index contributed by atoms with van der Waals surface area (Å²) in [6.07, 6.45) is 6.99. The highest BCUT2D eigenvalue weighted by atomic mass is 16.1. The topological polar surface area (TPSA) is 67.2 Å². The fourth-order valence-corrected chi connectivity index (χ4v) is 3.22. The van der Waals surface area contributed by atoms with Crippen LogP contribution < -0.4 is 15.8 Å². The number of carbonyl (C=O) groups excluding carboxylic acids is 1. The van der Waals surface area contributed by atoms with Crippen LogP contribution in [-0.4, -0.2) is 35.3 Å². The monoisotopic (exact) mass is 318 g/mol. The quantitative estimate of drug-likeness (QED) is 0.861. The van der Waals surface area contributed by atoms with Crippen molar-refractivity contribution in [1.82, 2.24) is 15.1 Å². The van der Waals surface area contributed by atoms with Gasteiger partial charge in [0.25, 0.3) is 5.56 Å². The molecule has 0 spiro atoms. The van der Waals surface area contributed by atoms with Crippen molar-refractivity contribution in [2.45, 2.75) is 45.6 Å². The van der Waals surface area contributed by atoms with Gasteiger partial charge in [0.15, 0.2) is 0 Å². The second kappa shape index (κ2) is 7.15. The lowest BCUT2D eigenvalue weighted by Gasteiger charge is -2.34. The predicted molar refractivity (Wildman–Crippen MR) is 89.5 cm³/mol. The van der Waals surface area contributed by atoms with E-state index in [-0.39, 0.29) is 11.5 Å². The van der Waals surface area contributed by atoms with E-state index >= 15 is 0 Å². The number of hydrogen-bond acceptors (Lipinski definition) is 4. The van der Waals surface area contributed by atoms with Gasteiger partial charge in [-0.3, -0.25) is 9.59 Å². The third-order valence-corrected chi connectivity index (χ3v) is 4.80. The van der Waals surface area contributed by atoms with Gasteiger partial charge in [-0.1, -0.05) is 0 Å². The maximum Gasteiger partial charge on any atom is 0.268 e. The number of carbonyl (C=O) groups is 1. The number of nitrogens with one attached hydrogen (secondary N) is 1. The molecule has 1 amide bonds. The highest BCUT2D eigenvalue weighted by Crippen LogP contribution is 2.28. The van der Waals surface area contributed by atoms with E-state index in [1.807, 2.05) is 6.92 Å². The lowest BCUT2D eigenvalue weighted by molar-refractivity contribution is -0.122. The van der Waals surface area contributed by atoms with Gasteiger partial charge in [0.05, 0.1) is 11.9 Å². The summed E-state index contributed by atoms with van der Waals surface area (Å²) >= 11 is 0. The van der Waals surface area contributed by atoms with E-state index in [0.717, 1.165) is 44.1 Å². The first kappa shape index (κ1) is 16.0. The summed E-state index contributed by atoms with van der Waals surface area (Å²) < 4.78 is 1.45. The molecule has 1 unspecified atom stereocenters. The van der Waals surface area contributed by atoms with Gasteiger partial charge in [0.1, 0.15) is 0 Å². The Morgan fingerprint density at radius 2 is 2.17 bits per heavy atom. The third kappa shape index (κ3) is 4.33. The van der Waals surface area contributed by atoms with Crippen LogP contribution in [0.25, 0.3) is 0 Å². The molecule has 2 aliphatic rings. The van der Waals surface area contributed by atoms with Gasteiger partial charge in [-0.25, -0.2) is 4.68 Å². The summed E-state index contributed by atoms with van der Waals surface area (Å²) in [6.45, 7) is 5.09. The number of piperidine rings is 1. The first-order valence-corrected chi connectivity index (χ1v) is 8.74. The zero-order valence-electron chi connectivity index (χ0n) is 13.8. The molecule has 1 atom stereocenters. The molecular weight excluding hydrogens is 292 g/mol. The smallest absolute Gasteiger partial charge is 0.268 e. The van der Waals surface area contributed by atoms with Crippen LogP contribution in [0.1, 0.15) is 39.0 Å². The minimum atomic E-state index is -0.0608. The van der Waals surface area contributed by atoms with Crippen LogP contribution in [0.5, 0.6) is 0 Å². The molecule has 2 fully saturated rings. The van der Waals surface area contributed by atoms with E-state index in [0.29, 0.717) is 18.9 Å². The van der Waals surface area contributed by atoms with Gasteiger partial charge in [0.2, 0.25) is 5.91 Å². The predicted octanol–water partition coefficient (Wildman–Crippen LogP) is 1.40. The SMILES string of the molecule is CCn1ncc(N2CCCC(CC(=O)NCC3CC3)C2)cc1=O. The molecule has 1 aromatic heterocycles. The Morgan fingerprint density at radius 1 is 1.35 bits per heavy atom. The summed E-state index contributed by atoms with van der Waals surface area (Å²) in [5.41, 5.74) is 0.817. The molecule has 1 saturated carbocycles. The van der Waals surface area contributed by atoms with Gasteiger partial charge in [-0.05, 0) is 44.4 Å². The number of hydrogen-bond donors (Lipinski definition) is 1. The van der Waals surface area contributed by atoms with Crippen molar-refractivity contribution in [2.75, 3.05) is 24.5 Å². The second-order valence-corrected chi connectivity index (χ2v) is 6.77. The van der Waals surface area contributed by atoms with Crippen LogP contribution in [0.4, 0.5) is 5.69 Å². The van der Waals surface area contributed by atoms with Crippen LogP contribution in [0.2, 0.25) is 0 Å². The highest BCUT2D eigenvalue weighted by Gasteiger charge is 2.25. The maximum atomic E-state index is 12.0. The number of anilines is 1. The Balaban J connectivity index is 1.55. The van der Waals surface area contributed by atoms with Gasteiger partial charge in [-0.2, -0.15) is 5.10 Å². The van der Waals surface area contributed by atoms with Gasteiger partial charge in [-0.15, -0.1) is 0 Å². The standard InChI is InChI=1S/C17H26N4O2/c1-2-21-17(23)9-15(11-19-21)20-7-3-4-14(12-20)8-16(22)18-10-13-5-6-13/h9,11,13-14H,2-8,10,12H2,1H3,(H,18,22). The Morgan fingerprint density at radius 3 is 2.87 bits per heavy atom. The van der Waals surface area contributed by atoms with Crippen molar-refractivity contribution in [3.05, 3.63) is 22.6 Å². The molecular formula is C17H26N4O2. The summed E-state index contributed by atoms with van der Waals surface area (Å²) in [7, 11) is 0. The molecule has 0 aromatic carbocycles. The number of aromatic nitrogens is 2. The van der Waals surface area contributed by atoms with E-state index in [1.165, 1.54) is 17.5 Å². The number of amides is 1. The minimum absolute atomic E-state index is 0.0608. The Kier molecular flexibility index (Phi) is 4.98. The third-order valence-electron chi connectivity index (χ3n) is 4.80. The molecule has 1 saturated heterocycles. The van der Waals surface area contributed by atoms with E-state index in [2.05, 4.69) is 15.3 Å². The first-order valence-electron chi connectivity index (χ1n) is 8.74. The maximum absolute atomic E-state index is 12.0. The van der Waals surface area contributed by atoms with Crippen molar-refractivity contribution in [2.24, 2.45) is 11.8 Å². The molecule has 2 heterocycles. The molecule has 6 heteroatoms. The number of aryl methyl sites for hydroxylation is 1. The largest absolute Gasteiger partial charge is 0.370 e. The zero-order valence-corrected chi connectivity index (χ0v) is 13.8. The Bertz CT molecular complexity index is 609. The van der Waals surface area contributed by atoms with Crippen molar-refractivity contribution < 1.29 is 4.79 Å². The van der Waals surface area contributed by atoms with Crippen molar-refractivity contribution in [1.29, 1.82) is 0 Å². The fourth-order valence-electron chi connectivity index (χ4n) is 3.22. The Hall–Kier alpha value is -1.85. The average molecular weight is 318 g/mol. The van der Waals surface area contributed by atoms with Crippen molar-refractivity contribution in [3.63, 3.8) is 0 Å². The lowest BCUT2D eigenvalue weighted by Crippen LogP contribution is -2.39. The molecule has 1 aliphatic heterocycles. The second-order valence-electron chi connectivity index (χ2n) is 6.77. The summed E-state index contributed by atoms with van der Waals surface area (Å²) in [5.74, 6) is 1.25. The van der Waals surface area contributed by atoms with E-state index < -0.39 is 0 Å². The summed E-state index contributed by atoms with van der Waals surface area (Å²) in [6, 6.07) is 1.66. The lowest BCUT2D eigenvalue weighted by atomic mass is 9.94. The Labute approximate surface area is 136 Å². The molecule has 0 bridgehead atoms. The normalized spacial score (nSPS) is 21.3. The molecule has 3 rings (SSSR count). The van der Waals surface area contributed by atoms with Gasteiger partial charge < -0.3 is 10.2 Å². The van der Waals surface area contributed by atoms with E-state index in [4.69, 9.17) is 0 Å². The van der Waals surface area contributed by atoms with Crippen LogP contribution in [0.3, 0.4) is 0 Å². The first-order chi connectivity index (χ1) is 11.2. The van der Waals surface area contributed by atoms with Gasteiger partial charge >= 0.3 is 0 Å². The molecule has 1 aromatic rings. The molecule has 1 aliphatic carbocycles. The van der Waals surface area contributed by atoms with E-state index in [9.17, 15) is 9.59 Å². The van der Waals surface area contributed by atoms with Crippen LogP contribution >= 0.6 is 0 Å². The van der Waals surface area contributed by atoms with Crippen LogP contribution in [0.15, 0.2) is 17.1 Å². The summed E-state index contributed by atoms with van der Waals surface area (Å²) in [4.78, 5) is 26.2. The molecule has 126 valence electrons. The molecule has 0 radical (unpaired) electrons. The zero-order chi connectivity index (χ0) is 16.2. The number of rotatable bonds is 6. The number of nitrogens with zero attached hydrogens (tertiary/aromatic N) is 3. The minimum Gasteiger partial charge on any atom is -0.370 e. The van der Waals surface area contributed by atoms with Crippen molar-refractivity contribution in [3.8, 4) is 0 Å². The van der Waals surface area contributed by atoms with E-state index in [1.54, 1.807) is 12.3 Å².